The van der Waals surface area contributed by atoms with Crippen LogP contribution in [0, 0.1) is 19.7 Å². The standard InChI is InChI=1S/C23H22ClFN2O3S/c1-16-9-11-20(12-10-16)31(29,30)27(22-8-4-7-21(24)17(22)2)15-23(28)26-14-18-5-3-6-19(25)13-18/h3-13H,14-15H2,1-2H3,(H,26,28). The van der Waals surface area contributed by atoms with Gasteiger partial charge in [0.05, 0.1) is 10.6 Å². The molecule has 0 saturated carbocycles. The maximum Gasteiger partial charge on any atom is 0.264 e. The van der Waals surface area contributed by atoms with E-state index >= 15 is 0 Å². The van der Waals surface area contributed by atoms with Crippen molar-refractivity contribution in [2.45, 2.75) is 25.3 Å². The van der Waals surface area contributed by atoms with Crippen molar-refractivity contribution in [1.29, 1.82) is 0 Å². The number of amides is 1. The van der Waals surface area contributed by atoms with Crippen LogP contribution in [0.1, 0.15) is 16.7 Å². The number of anilines is 1. The smallest absolute Gasteiger partial charge is 0.264 e. The third-order valence-electron chi connectivity index (χ3n) is 4.78. The molecule has 0 saturated heterocycles. The van der Waals surface area contributed by atoms with Gasteiger partial charge in [0, 0.05) is 11.6 Å². The fraction of sp³-hybridized carbons (Fsp3) is 0.174. The largest absolute Gasteiger partial charge is 0.350 e. The Labute approximate surface area is 186 Å². The van der Waals surface area contributed by atoms with E-state index in [1.54, 1.807) is 49.4 Å². The number of aryl methyl sites for hydroxylation is 1. The molecule has 0 fully saturated rings. The Morgan fingerprint density at radius 3 is 2.39 bits per heavy atom. The van der Waals surface area contributed by atoms with Crippen LogP contribution < -0.4 is 9.62 Å². The summed E-state index contributed by atoms with van der Waals surface area (Å²) in [6.45, 7) is 3.17. The number of nitrogens with zero attached hydrogens (tertiary/aromatic N) is 1. The van der Waals surface area contributed by atoms with Crippen LogP contribution in [0.25, 0.3) is 0 Å². The highest BCUT2D eigenvalue weighted by atomic mass is 35.5. The third kappa shape index (κ3) is 5.42. The van der Waals surface area contributed by atoms with E-state index in [1.807, 2.05) is 6.92 Å². The minimum Gasteiger partial charge on any atom is -0.350 e. The molecule has 0 unspecified atom stereocenters. The van der Waals surface area contributed by atoms with E-state index < -0.39 is 28.3 Å². The highest BCUT2D eigenvalue weighted by molar-refractivity contribution is 7.92. The molecule has 0 aromatic heterocycles. The summed E-state index contributed by atoms with van der Waals surface area (Å²) in [5, 5.41) is 3.04. The molecular weight excluding hydrogens is 439 g/mol. The minimum atomic E-state index is -4.04. The molecule has 0 bridgehead atoms. The van der Waals surface area contributed by atoms with E-state index in [2.05, 4.69) is 5.32 Å². The number of hydrogen-bond acceptors (Lipinski definition) is 3. The Balaban J connectivity index is 1.91. The normalized spacial score (nSPS) is 11.2. The molecule has 0 aliphatic heterocycles. The summed E-state index contributed by atoms with van der Waals surface area (Å²) in [5.74, 6) is -0.941. The predicted octanol–water partition coefficient (Wildman–Crippen LogP) is 4.61. The van der Waals surface area contributed by atoms with Crippen molar-refractivity contribution in [1.82, 2.24) is 5.32 Å². The highest BCUT2D eigenvalue weighted by Gasteiger charge is 2.28. The second-order valence-corrected chi connectivity index (χ2v) is 9.38. The first kappa shape index (κ1) is 22.8. The zero-order chi connectivity index (χ0) is 22.6. The van der Waals surface area contributed by atoms with Crippen LogP contribution in [0.4, 0.5) is 10.1 Å². The first-order valence-corrected chi connectivity index (χ1v) is 11.4. The van der Waals surface area contributed by atoms with Crippen LogP contribution in [0.3, 0.4) is 0 Å². The maximum absolute atomic E-state index is 13.4. The number of benzene rings is 3. The summed E-state index contributed by atoms with van der Waals surface area (Å²) in [7, 11) is -4.04. The molecule has 8 heteroatoms. The number of carbonyl (C=O) groups is 1. The van der Waals surface area contributed by atoms with Gasteiger partial charge in [0.25, 0.3) is 10.0 Å². The fourth-order valence-electron chi connectivity index (χ4n) is 3.04. The fourth-order valence-corrected chi connectivity index (χ4v) is 4.69. The summed E-state index contributed by atoms with van der Waals surface area (Å²) in [6, 6.07) is 17.1. The van der Waals surface area contributed by atoms with Crippen molar-refractivity contribution >= 4 is 33.2 Å². The second-order valence-electron chi connectivity index (χ2n) is 7.12. The van der Waals surface area contributed by atoms with Crippen molar-refractivity contribution < 1.29 is 17.6 Å². The number of carbonyl (C=O) groups excluding carboxylic acids is 1. The van der Waals surface area contributed by atoms with Crippen LogP contribution in [0.2, 0.25) is 5.02 Å². The minimum absolute atomic E-state index is 0.0652. The molecule has 0 atom stereocenters. The molecule has 0 heterocycles. The van der Waals surface area contributed by atoms with Crippen LogP contribution in [0.5, 0.6) is 0 Å². The van der Waals surface area contributed by atoms with E-state index in [0.29, 0.717) is 21.8 Å². The van der Waals surface area contributed by atoms with Gasteiger partial charge < -0.3 is 5.32 Å². The average Bonchev–Trinajstić information content (AvgIpc) is 2.73. The number of hydrogen-bond donors (Lipinski definition) is 1. The SMILES string of the molecule is Cc1ccc(S(=O)(=O)N(CC(=O)NCc2cccc(F)c2)c2cccc(Cl)c2C)cc1. The summed E-state index contributed by atoms with van der Waals surface area (Å²) in [6.07, 6.45) is 0. The van der Waals surface area contributed by atoms with E-state index in [9.17, 15) is 17.6 Å². The van der Waals surface area contributed by atoms with Crippen LogP contribution >= 0.6 is 11.6 Å². The zero-order valence-corrected chi connectivity index (χ0v) is 18.7. The first-order chi connectivity index (χ1) is 14.7. The van der Waals surface area contributed by atoms with Gasteiger partial charge >= 0.3 is 0 Å². The molecule has 5 nitrogen and oxygen atoms in total. The molecule has 1 amide bonds. The van der Waals surface area contributed by atoms with E-state index in [0.717, 1.165) is 9.87 Å². The molecular formula is C23H22ClFN2O3S. The Kier molecular flexibility index (Phi) is 6.97. The molecule has 0 spiro atoms. The quantitative estimate of drug-likeness (QED) is 0.560. The molecule has 3 rings (SSSR count). The number of sulfonamides is 1. The Hall–Kier alpha value is -2.90. The third-order valence-corrected chi connectivity index (χ3v) is 6.97. The Bertz CT molecular complexity index is 1200. The summed E-state index contributed by atoms with van der Waals surface area (Å²) in [5.41, 5.74) is 2.34. The number of rotatable bonds is 7. The van der Waals surface area contributed by atoms with E-state index in [1.165, 1.54) is 24.3 Å². The topological polar surface area (TPSA) is 66.5 Å². The van der Waals surface area contributed by atoms with Crippen molar-refractivity contribution in [3.63, 3.8) is 0 Å². The van der Waals surface area contributed by atoms with Crippen LogP contribution in [0.15, 0.2) is 71.6 Å². The van der Waals surface area contributed by atoms with Gasteiger partial charge in [0.2, 0.25) is 5.91 Å². The number of halogens is 2. The lowest BCUT2D eigenvalue weighted by atomic mass is 10.2. The molecule has 0 aliphatic rings. The van der Waals surface area contributed by atoms with Crippen molar-refractivity contribution in [2.24, 2.45) is 0 Å². The molecule has 31 heavy (non-hydrogen) atoms. The monoisotopic (exact) mass is 460 g/mol. The molecule has 3 aromatic rings. The van der Waals surface area contributed by atoms with Gasteiger partial charge in [-0.2, -0.15) is 0 Å². The van der Waals surface area contributed by atoms with Crippen molar-refractivity contribution in [3.05, 3.63) is 94.3 Å². The summed E-state index contributed by atoms with van der Waals surface area (Å²) < 4.78 is 41.2. The lowest BCUT2D eigenvalue weighted by molar-refractivity contribution is -0.119. The lowest BCUT2D eigenvalue weighted by Crippen LogP contribution is -2.41. The molecule has 162 valence electrons. The van der Waals surface area contributed by atoms with Gasteiger partial charge in [-0.05, 0) is 61.4 Å². The Morgan fingerprint density at radius 1 is 1.03 bits per heavy atom. The van der Waals surface area contributed by atoms with Gasteiger partial charge in [-0.15, -0.1) is 0 Å². The van der Waals surface area contributed by atoms with Gasteiger partial charge in [-0.3, -0.25) is 9.10 Å². The van der Waals surface area contributed by atoms with E-state index in [-0.39, 0.29) is 11.4 Å². The van der Waals surface area contributed by atoms with Crippen molar-refractivity contribution in [2.75, 3.05) is 10.8 Å². The lowest BCUT2D eigenvalue weighted by Gasteiger charge is -2.26. The Morgan fingerprint density at radius 2 is 1.71 bits per heavy atom. The second kappa shape index (κ2) is 9.49. The van der Waals surface area contributed by atoms with Gasteiger partial charge in [-0.25, -0.2) is 12.8 Å². The zero-order valence-electron chi connectivity index (χ0n) is 17.1. The summed E-state index contributed by atoms with van der Waals surface area (Å²) >= 11 is 6.21. The average molecular weight is 461 g/mol. The molecule has 0 aliphatic carbocycles. The first-order valence-electron chi connectivity index (χ1n) is 9.54. The van der Waals surface area contributed by atoms with E-state index in [4.69, 9.17) is 11.6 Å². The van der Waals surface area contributed by atoms with Gasteiger partial charge in [0.1, 0.15) is 12.4 Å². The van der Waals surface area contributed by atoms with Gasteiger partial charge in [-0.1, -0.05) is 47.5 Å². The number of nitrogens with one attached hydrogen (secondary N) is 1. The van der Waals surface area contributed by atoms with Crippen molar-refractivity contribution in [3.8, 4) is 0 Å². The van der Waals surface area contributed by atoms with Gasteiger partial charge in [0.15, 0.2) is 0 Å². The molecule has 0 radical (unpaired) electrons. The van der Waals surface area contributed by atoms with Crippen LogP contribution in [-0.2, 0) is 21.4 Å². The predicted molar refractivity (Wildman–Crippen MR) is 120 cm³/mol. The highest BCUT2D eigenvalue weighted by Crippen LogP contribution is 2.30. The summed E-state index contributed by atoms with van der Waals surface area (Å²) in [4.78, 5) is 12.7. The van der Waals surface area contributed by atoms with Crippen LogP contribution in [-0.4, -0.2) is 20.9 Å². The molecule has 1 N–H and O–H groups in total. The maximum atomic E-state index is 13.4. The molecule has 3 aromatic carbocycles.